The first-order chi connectivity index (χ1) is 8.34. The molecule has 1 aliphatic rings. The Morgan fingerprint density at radius 1 is 1.28 bits per heavy atom. The number of amides is 2. The van der Waals surface area contributed by atoms with Crippen LogP contribution in [-0.2, 0) is 4.79 Å². The molecular formula is C13H24N2O3. The SMILES string of the molecule is CC(C)C1CCCN1C(=O)N[C@@H](C(=O)O)C(C)C. The molecule has 2 N–H and O–H groups in total. The molecule has 1 rings (SSSR count). The number of hydrogen-bond acceptors (Lipinski definition) is 2. The highest BCUT2D eigenvalue weighted by Crippen LogP contribution is 2.23. The van der Waals surface area contributed by atoms with E-state index in [-0.39, 0.29) is 18.0 Å². The van der Waals surface area contributed by atoms with E-state index in [4.69, 9.17) is 5.11 Å². The molecule has 1 saturated heterocycles. The van der Waals surface area contributed by atoms with Gasteiger partial charge in [0.25, 0.3) is 0 Å². The van der Waals surface area contributed by atoms with Crippen molar-refractivity contribution in [2.75, 3.05) is 6.54 Å². The molecule has 0 saturated carbocycles. The molecule has 0 aromatic carbocycles. The Hall–Kier alpha value is -1.26. The maximum absolute atomic E-state index is 12.1. The molecule has 5 heteroatoms. The van der Waals surface area contributed by atoms with Gasteiger partial charge in [-0.05, 0) is 24.7 Å². The minimum absolute atomic E-state index is 0.119. The molecule has 0 bridgehead atoms. The second-order valence-electron chi connectivity index (χ2n) is 5.66. The Balaban J connectivity index is 2.66. The van der Waals surface area contributed by atoms with Gasteiger partial charge in [0.05, 0.1) is 0 Å². The summed E-state index contributed by atoms with van der Waals surface area (Å²) in [6.45, 7) is 8.49. The van der Waals surface area contributed by atoms with Crippen molar-refractivity contribution in [2.24, 2.45) is 11.8 Å². The zero-order valence-corrected chi connectivity index (χ0v) is 11.6. The van der Waals surface area contributed by atoms with E-state index in [0.29, 0.717) is 5.92 Å². The van der Waals surface area contributed by atoms with Gasteiger partial charge in [-0.3, -0.25) is 0 Å². The van der Waals surface area contributed by atoms with Crippen molar-refractivity contribution in [1.29, 1.82) is 0 Å². The number of carboxylic acid groups (broad SMARTS) is 1. The van der Waals surface area contributed by atoms with E-state index in [2.05, 4.69) is 19.2 Å². The summed E-state index contributed by atoms with van der Waals surface area (Å²) in [5, 5.41) is 11.7. The van der Waals surface area contributed by atoms with E-state index in [1.165, 1.54) is 0 Å². The summed E-state index contributed by atoms with van der Waals surface area (Å²) in [5.74, 6) is -0.689. The second kappa shape index (κ2) is 6.07. The molecule has 18 heavy (non-hydrogen) atoms. The average Bonchev–Trinajstić information content (AvgIpc) is 2.73. The molecule has 2 atom stereocenters. The van der Waals surface area contributed by atoms with Crippen LogP contribution in [0, 0.1) is 11.8 Å². The van der Waals surface area contributed by atoms with Crippen molar-refractivity contribution in [3.8, 4) is 0 Å². The summed E-state index contributed by atoms with van der Waals surface area (Å²) in [4.78, 5) is 25.0. The molecule has 1 heterocycles. The van der Waals surface area contributed by atoms with Crippen LogP contribution in [0.15, 0.2) is 0 Å². The number of hydrogen-bond donors (Lipinski definition) is 2. The molecule has 1 fully saturated rings. The number of nitrogens with zero attached hydrogens (tertiary/aromatic N) is 1. The fourth-order valence-corrected chi connectivity index (χ4v) is 2.47. The van der Waals surface area contributed by atoms with Crippen molar-refractivity contribution < 1.29 is 14.7 Å². The molecule has 0 aliphatic carbocycles. The molecule has 2 amide bonds. The Morgan fingerprint density at radius 2 is 1.89 bits per heavy atom. The highest BCUT2D eigenvalue weighted by atomic mass is 16.4. The summed E-state index contributed by atoms with van der Waals surface area (Å²) < 4.78 is 0. The van der Waals surface area contributed by atoms with Gasteiger partial charge in [-0.25, -0.2) is 9.59 Å². The summed E-state index contributed by atoms with van der Waals surface area (Å²) >= 11 is 0. The van der Waals surface area contributed by atoms with Crippen LogP contribution in [0.25, 0.3) is 0 Å². The first kappa shape index (κ1) is 14.8. The quantitative estimate of drug-likeness (QED) is 0.807. The number of rotatable bonds is 4. The normalized spacial score (nSPS) is 21.4. The van der Waals surface area contributed by atoms with Crippen molar-refractivity contribution in [1.82, 2.24) is 10.2 Å². The van der Waals surface area contributed by atoms with E-state index >= 15 is 0 Å². The van der Waals surface area contributed by atoms with Gasteiger partial charge in [0.2, 0.25) is 0 Å². The molecule has 0 aromatic heterocycles. The van der Waals surface area contributed by atoms with Crippen LogP contribution in [0.1, 0.15) is 40.5 Å². The first-order valence-electron chi connectivity index (χ1n) is 6.64. The summed E-state index contributed by atoms with van der Waals surface area (Å²) in [7, 11) is 0. The fraction of sp³-hybridized carbons (Fsp3) is 0.846. The van der Waals surface area contributed by atoms with Gasteiger partial charge >= 0.3 is 12.0 Å². The van der Waals surface area contributed by atoms with Gasteiger partial charge in [-0.1, -0.05) is 27.7 Å². The Bertz CT molecular complexity index is 315. The van der Waals surface area contributed by atoms with Crippen LogP contribution in [-0.4, -0.2) is 40.6 Å². The third-order valence-electron chi connectivity index (χ3n) is 3.54. The molecule has 0 radical (unpaired) electrons. The molecule has 104 valence electrons. The number of aliphatic carboxylic acids is 1. The fourth-order valence-electron chi connectivity index (χ4n) is 2.47. The number of nitrogens with one attached hydrogen (secondary N) is 1. The average molecular weight is 256 g/mol. The van der Waals surface area contributed by atoms with Gasteiger partial charge in [0.15, 0.2) is 0 Å². The molecule has 0 spiro atoms. The van der Waals surface area contributed by atoms with Crippen molar-refractivity contribution in [3.05, 3.63) is 0 Å². The van der Waals surface area contributed by atoms with Crippen LogP contribution in [0.4, 0.5) is 4.79 Å². The number of urea groups is 1. The summed E-state index contributed by atoms with van der Waals surface area (Å²) in [6.07, 6.45) is 2.00. The van der Waals surface area contributed by atoms with E-state index in [9.17, 15) is 9.59 Å². The predicted octanol–water partition coefficient (Wildman–Crippen LogP) is 1.93. The van der Waals surface area contributed by atoms with Gasteiger partial charge < -0.3 is 15.3 Å². The van der Waals surface area contributed by atoms with Crippen LogP contribution in [0.3, 0.4) is 0 Å². The van der Waals surface area contributed by atoms with Gasteiger partial charge in [-0.2, -0.15) is 0 Å². The van der Waals surface area contributed by atoms with Crippen LogP contribution < -0.4 is 5.32 Å². The van der Waals surface area contributed by atoms with Crippen molar-refractivity contribution >= 4 is 12.0 Å². The predicted molar refractivity (Wildman–Crippen MR) is 69.4 cm³/mol. The highest BCUT2D eigenvalue weighted by molar-refractivity contribution is 5.83. The first-order valence-corrected chi connectivity index (χ1v) is 6.64. The smallest absolute Gasteiger partial charge is 0.326 e. The summed E-state index contributed by atoms with van der Waals surface area (Å²) in [5.41, 5.74) is 0. The third kappa shape index (κ3) is 3.37. The van der Waals surface area contributed by atoms with Crippen molar-refractivity contribution in [2.45, 2.75) is 52.6 Å². The lowest BCUT2D eigenvalue weighted by molar-refractivity contribution is -0.140. The Morgan fingerprint density at radius 3 is 2.33 bits per heavy atom. The minimum Gasteiger partial charge on any atom is -0.480 e. The van der Waals surface area contributed by atoms with E-state index < -0.39 is 12.0 Å². The Labute approximate surface area is 109 Å². The largest absolute Gasteiger partial charge is 0.480 e. The molecule has 0 aromatic rings. The van der Waals surface area contributed by atoms with Crippen LogP contribution in [0.2, 0.25) is 0 Å². The summed E-state index contributed by atoms with van der Waals surface area (Å²) in [6, 6.07) is -0.829. The maximum atomic E-state index is 12.1. The Kier molecular flexibility index (Phi) is 4.99. The topological polar surface area (TPSA) is 69.6 Å². The van der Waals surface area contributed by atoms with E-state index in [1.807, 2.05) is 0 Å². The number of likely N-dealkylation sites (tertiary alicyclic amines) is 1. The van der Waals surface area contributed by atoms with Gasteiger partial charge in [-0.15, -0.1) is 0 Å². The lowest BCUT2D eigenvalue weighted by Gasteiger charge is -2.29. The molecule has 5 nitrogen and oxygen atoms in total. The minimum atomic E-state index is -0.973. The molecular weight excluding hydrogens is 232 g/mol. The van der Waals surface area contributed by atoms with E-state index in [0.717, 1.165) is 19.4 Å². The van der Waals surface area contributed by atoms with Gasteiger partial charge in [0, 0.05) is 12.6 Å². The monoisotopic (exact) mass is 256 g/mol. The zero-order chi connectivity index (χ0) is 13.9. The number of carbonyl (C=O) groups excluding carboxylic acids is 1. The lowest BCUT2D eigenvalue weighted by Crippen LogP contribution is -2.52. The van der Waals surface area contributed by atoms with Crippen molar-refractivity contribution in [3.63, 3.8) is 0 Å². The van der Waals surface area contributed by atoms with Gasteiger partial charge in [0.1, 0.15) is 6.04 Å². The maximum Gasteiger partial charge on any atom is 0.326 e. The zero-order valence-electron chi connectivity index (χ0n) is 11.6. The number of carboxylic acids is 1. The van der Waals surface area contributed by atoms with Crippen LogP contribution in [0.5, 0.6) is 0 Å². The number of carbonyl (C=O) groups is 2. The third-order valence-corrected chi connectivity index (χ3v) is 3.54. The highest BCUT2D eigenvalue weighted by Gasteiger charge is 2.33. The molecule has 1 unspecified atom stereocenters. The standard InChI is InChI=1S/C13H24N2O3/c1-8(2)10-6-5-7-15(10)13(18)14-11(9(3)4)12(16)17/h8-11H,5-7H2,1-4H3,(H,14,18)(H,16,17)/t10?,11-/m1/s1. The molecule has 1 aliphatic heterocycles. The van der Waals surface area contributed by atoms with E-state index in [1.54, 1.807) is 18.7 Å². The second-order valence-corrected chi connectivity index (χ2v) is 5.66. The lowest BCUT2D eigenvalue weighted by atomic mass is 10.0. The van der Waals surface area contributed by atoms with Crippen LogP contribution >= 0.6 is 0 Å².